The van der Waals surface area contributed by atoms with E-state index in [1.807, 2.05) is 18.2 Å². The van der Waals surface area contributed by atoms with E-state index in [9.17, 15) is 0 Å². The summed E-state index contributed by atoms with van der Waals surface area (Å²) in [6.07, 6.45) is 2.59. The van der Waals surface area contributed by atoms with E-state index in [-0.39, 0.29) is 5.82 Å². The molecule has 0 aliphatic carbocycles. The highest BCUT2D eigenvalue weighted by atomic mass is 15.3. The first kappa shape index (κ1) is 13.2. The Kier molecular flexibility index (Phi) is 4.26. The van der Waals surface area contributed by atoms with Gasteiger partial charge in [0, 0.05) is 6.04 Å². The highest BCUT2D eigenvalue weighted by molar-refractivity contribution is 5.36. The van der Waals surface area contributed by atoms with Crippen LogP contribution in [0, 0.1) is 11.3 Å². The molecule has 0 amide bonds. The van der Waals surface area contributed by atoms with Gasteiger partial charge in [0.15, 0.2) is 0 Å². The van der Waals surface area contributed by atoms with Gasteiger partial charge in [-0.1, -0.05) is 26.0 Å². The molecule has 1 N–H and O–H groups in total. The predicted molar refractivity (Wildman–Crippen MR) is 72.8 cm³/mol. The summed E-state index contributed by atoms with van der Waals surface area (Å²) in [5, 5.41) is 16.3. The lowest BCUT2D eigenvalue weighted by molar-refractivity contribution is 0.537. The Bertz CT molecular complexity index is 582. The van der Waals surface area contributed by atoms with Gasteiger partial charge < -0.3 is 5.32 Å². The molecule has 0 radical (unpaired) electrons. The van der Waals surface area contributed by atoms with Gasteiger partial charge in [-0.15, -0.1) is 5.10 Å². The van der Waals surface area contributed by atoms with Gasteiger partial charge in [-0.05, 0) is 30.7 Å². The fourth-order valence-electron chi connectivity index (χ4n) is 2.07. The third-order valence-corrected chi connectivity index (χ3v) is 2.99. The number of nitrogens with one attached hydrogen (secondary N) is 1. The normalized spacial score (nSPS) is 12.1. The Morgan fingerprint density at radius 2 is 2.26 bits per heavy atom. The number of aromatic nitrogens is 3. The molecule has 19 heavy (non-hydrogen) atoms. The lowest BCUT2D eigenvalue weighted by Gasteiger charge is -2.17. The summed E-state index contributed by atoms with van der Waals surface area (Å²) < 4.78 is 1.63. The van der Waals surface area contributed by atoms with E-state index in [0.717, 1.165) is 18.7 Å². The Labute approximate surface area is 112 Å². The fourth-order valence-corrected chi connectivity index (χ4v) is 2.07. The molecule has 2 rings (SSSR count). The minimum Gasteiger partial charge on any atom is -0.310 e. The van der Waals surface area contributed by atoms with Crippen LogP contribution in [0.1, 0.15) is 37.7 Å². The maximum Gasteiger partial charge on any atom is 0.252 e. The van der Waals surface area contributed by atoms with Crippen LogP contribution in [0.2, 0.25) is 0 Å². The van der Waals surface area contributed by atoms with E-state index < -0.39 is 0 Å². The summed E-state index contributed by atoms with van der Waals surface area (Å²) in [6, 6.07) is 10.4. The van der Waals surface area contributed by atoms with Crippen LogP contribution in [0.3, 0.4) is 0 Å². The second-order valence-electron chi connectivity index (χ2n) is 4.24. The third kappa shape index (κ3) is 2.98. The molecule has 1 atom stereocenters. The van der Waals surface area contributed by atoms with Crippen molar-refractivity contribution < 1.29 is 0 Å². The number of nitriles is 1. The Morgan fingerprint density at radius 1 is 1.42 bits per heavy atom. The van der Waals surface area contributed by atoms with Gasteiger partial charge in [0.1, 0.15) is 12.4 Å². The number of benzene rings is 1. The first-order chi connectivity index (χ1) is 9.28. The summed E-state index contributed by atoms with van der Waals surface area (Å²) in [5.41, 5.74) is 2.14. The lowest BCUT2D eigenvalue weighted by atomic mass is 10.0. The molecule has 1 aromatic carbocycles. The zero-order valence-corrected chi connectivity index (χ0v) is 11.2. The first-order valence-corrected chi connectivity index (χ1v) is 6.44. The van der Waals surface area contributed by atoms with Crippen molar-refractivity contribution >= 4 is 0 Å². The third-order valence-electron chi connectivity index (χ3n) is 2.99. The Balaban J connectivity index is 2.31. The second kappa shape index (κ2) is 6.12. The minimum atomic E-state index is 0.184. The molecule has 0 aliphatic heterocycles. The molecule has 0 saturated carbocycles. The Hall–Kier alpha value is -2.19. The number of nitrogens with zero attached hydrogens (tertiary/aromatic N) is 4. The smallest absolute Gasteiger partial charge is 0.252 e. The molecule has 5 nitrogen and oxygen atoms in total. The van der Waals surface area contributed by atoms with Crippen LogP contribution in [0.5, 0.6) is 0 Å². The van der Waals surface area contributed by atoms with E-state index in [1.54, 1.807) is 11.0 Å². The van der Waals surface area contributed by atoms with E-state index in [2.05, 4.69) is 41.4 Å². The zero-order chi connectivity index (χ0) is 13.7. The number of rotatable bonds is 5. The molecule has 0 spiro atoms. The van der Waals surface area contributed by atoms with Gasteiger partial charge in [-0.2, -0.15) is 5.26 Å². The van der Waals surface area contributed by atoms with Crippen LogP contribution in [-0.2, 0) is 0 Å². The van der Waals surface area contributed by atoms with E-state index in [1.165, 1.54) is 5.56 Å². The van der Waals surface area contributed by atoms with Crippen LogP contribution in [0.4, 0.5) is 0 Å². The summed E-state index contributed by atoms with van der Waals surface area (Å²) in [6.45, 7) is 5.19. The second-order valence-corrected chi connectivity index (χ2v) is 4.24. The molecule has 0 fully saturated rings. The van der Waals surface area contributed by atoms with Crippen molar-refractivity contribution in [1.29, 1.82) is 5.26 Å². The molecule has 1 heterocycles. The summed E-state index contributed by atoms with van der Waals surface area (Å²) in [7, 11) is 0. The highest BCUT2D eigenvalue weighted by Crippen LogP contribution is 2.19. The van der Waals surface area contributed by atoms with Gasteiger partial charge in [0.2, 0.25) is 0 Å². The highest BCUT2D eigenvalue weighted by Gasteiger charge is 2.09. The molecule has 0 bridgehead atoms. The molecule has 98 valence electrons. The number of hydrogen-bond donors (Lipinski definition) is 1. The van der Waals surface area contributed by atoms with E-state index in [4.69, 9.17) is 5.26 Å². The standard InChI is InChI=1S/C14H17N5/c1-3-13(16-4-2)11-6-5-7-12(8-11)19-10-17-14(9-15)18-19/h5-8,10,13,16H,3-4H2,1-2H3. The van der Waals surface area contributed by atoms with Crippen LogP contribution in [0.15, 0.2) is 30.6 Å². The monoisotopic (exact) mass is 255 g/mol. The molecule has 5 heteroatoms. The van der Waals surface area contributed by atoms with Crippen molar-refractivity contribution in [3.63, 3.8) is 0 Å². The maximum absolute atomic E-state index is 8.75. The van der Waals surface area contributed by atoms with Crippen molar-refractivity contribution in [2.75, 3.05) is 6.54 Å². The van der Waals surface area contributed by atoms with Crippen molar-refractivity contribution in [3.8, 4) is 11.8 Å². The van der Waals surface area contributed by atoms with Crippen molar-refractivity contribution in [3.05, 3.63) is 42.0 Å². The summed E-state index contributed by atoms with van der Waals surface area (Å²) in [5.74, 6) is 0.184. The quantitative estimate of drug-likeness (QED) is 0.889. The molecular weight excluding hydrogens is 238 g/mol. The minimum absolute atomic E-state index is 0.184. The van der Waals surface area contributed by atoms with Crippen LogP contribution in [-0.4, -0.2) is 21.3 Å². The van der Waals surface area contributed by atoms with Crippen LogP contribution in [0.25, 0.3) is 5.69 Å². The van der Waals surface area contributed by atoms with Crippen molar-refractivity contribution in [2.24, 2.45) is 0 Å². The van der Waals surface area contributed by atoms with Gasteiger partial charge in [0.25, 0.3) is 5.82 Å². The molecular formula is C14H17N5. The molecule has 1 unspecified atom stereocenters. The first-order valence-electron chi connectivity index (χ1n) is 6.44. The Morgan fingerprint density at radius 3 is 2.89 bits per heavy atom. The molecule has 0 aliphatic rings. The van der Waals surface area contributed by atoms with Gasteiger partial charge in [0.05, 0.1) is 5.69 Å². The average Bonchev–Trinajstić information content (AvgIpc) is 2.94. The van der Waals surface area contributed by atoms with Crippen LogP contribution >= 0.6 is 0 Å². The maximum atomic E-state index is 8.75. The average molecular weight is 255 g/mol. The van der Waals surface area contributed by atoms with E-state index >= 15 is 0 Å². The van der Waals surface area contributed by atoms with Gasteiger partial charge >= 0.3 is 0 Å². The largest absolute Gasteiger partial charge is 0.310 e. The summed E-state index contributed by atoms with van der Waals surface area (Å²) in [4.78, 5) is 3.92. The topological polar surface area (TPSA) is 66.5 Å². The SMILES string of the molecule is CCNC(CC)c1cccc(-n2cnc(C#N)n2)c1. The summed E-state index contributed by atoms with van der Waals surface area (Å²) >= 11 is 0. The van der Waals surface area contributed by atoms with Crippen molar-refractivity contribution in [2.45, 2.75) is 26.3 Å². The van der Waals surface area contributed by atoms with Gasteiger partial charge in [-0.25, -0.2) is 9.67 Å². The predicted octanol–water partition coefficient (Wildman–Crippen LogP) is 2.20. The van der Waals surface area contributed by atoms with E-state index in [0.29, 0.717) is 6.04 Å². The molecule has 1 aromatic heterocycles. The molecule has 2 aromatic rings. The fraction of sp³-hybridized carbons (Fsp3) is 0.357. The van der Waals surface area contributed by atoms with Crippen molar-refractivity contribution in [1.82, 2.24) is 20.1 Å². The van der Waals surface area contributed by atoms with Crippen LogP contribution < -0.4 is 5.32 Å². The number of hydrogen-bond acceptors (Lipinski definition) is 4. The van der Waals surface area contributed by atoms with Gasteiger partial charge in [-0.3, -0.25) is 0 Å². The molecule has 0 saturated heterocycles. The lowest BCUT2D eigenvalue weighted by Crippen LogP contribution is -2.20. The zero-order valence-electron chi connectivity index (χ0n) is 11.2.